The Kier molecular flexibility index (Phi) is 5.86. The lowest BCUT2D eigenvalue weighted by Crippen LogP contribution is -2.37. The number of hydrogen-bond acceptors (Lipinski definition) is 2. The van der Waals surface area contributed by atoms with E-state index < -0.39 is 0 Å². The van der Waals surface area contributed by atoms with Crippen LogP contribution in [-0.2, 0) is 13.5 Å². The minimum atomic E-state index is 0.525. The van der Waals surface area contributed by atoms with Crippen LogP contribution in [0.1, 0.15) is 39.1 Å². The third-order valence-electron chi connectivity index (χ3n) is 3.72. The lowest BCUT2D eigenvalue weighted by Gasteiger charge is -2.28. The molecule has 0 aromatic carbocycles. The highest BCUT2D eigenvalue weighted by Crippen LogP contribution is 2.27. The zero-order chi connectivity index (χ0) is 13.9. The van der Waals surface area contributed by atoms with Crippen LogP contribution >= 0.6 is 15.9 Å². The van der Waals surface area contributed by atoms with E-state index in [1.165, 1.54) is 10.2 Å². The molecule has 1 N–H and O–H groups in total. The molecule has 4 heteroatoms. The maximum absolute atomic E-state index is 4.48. The summed E-state index contributed by atoms with van der Waals surface area (Å²) >= 11 is 3.66. The Balaban J connectivity index is 2.90. The largest absolute Gasteiger partial charge is 0.314 e. The van der Waals surface area contributed by atoms with E-state index in [2.05, 4.69) is 54.0 Å². The Morgan fingerprint density at radius 1 is 1.33 bits per heavy atom. The summed E-state index contributed by atoms with van der Waals surface area (Å²) in [6, 6.07) is 0.525. The van der Waals surface area contributed by atoms with Gasteiger partial charge < -0.3 is 5.32 Å². The molecule has 0 bridgehead atoms. The fourth-order valence-electron chi connectivity index (χ4n) is 2.59. The Morgan fingerprint density at radius 2 is 1.94 bits per heavy atom. The standard InChI is InChI=1S/C14H26BrN3/c1-7-16-10(4)12(9(2)3)8-13-14(15)11(5)17-18(13)6/h9-10,12,16H,7-8H2,1-6H3. The summed E-state index contributed by atoms with van der Waals surface area (Å²) in [7, 11) is 2.03. The van der Waals surface area contributed by atoms with E-state index >= 15 is 0 Å². The number of aromatic nitrogens is 2. The number of nitrogens with zero attached hydrogens (tertiary/aromatic N) is 2. The number of halogens is 1. The van der Waals surface area contributed by atoms with E-state index in [4.69, 9.17) is 0 Å². The molecule has 0 saturated carbocycles. The maximum Gasteiger partial charge on any atom is 0.0738 e. The van der Waals surface area contributed by atoms with Crippen LogP contribution in [0.4, 0.5) is 0 Å². The van der Waals surface area contributed by atoms with Gasteiger partial charge in [-0.25, -0.2) is 0 Å². The van der Waals surface area contributed by atoms with Crippen molar-refractivity contribution < 1.29 is 0 Å². The highest BCUT2D eigenvalue weighted by atomic mass is 79.9. The molecule has 104 valence electrons. The summed E-state index contributed by atoms with van der Waals surface area (Å²) < 4.78 is 3.17. The van der Waals surface area contributed by atoms with Crippen LogP contribution in [0.25, 0.3) is 0 Å². The maximum atomic E-state index is 4.48. The Morgan fingerprint density at radius 3 is 2.33 bits per heavy atom. The average Bonchev–Trinajstić information content (AvgIpc) is 2.50. The zero-order valence-corrected chi connectivity index (χ0v) is 14.0. The lowest BCUT2D eigenvalue weighted by atomic mass is 9.85. The molecule has 1 heterocycles. The van der Waals surface area contributed by atoms with Gasteiger partial charge in [-0.15, -0.1) is 0 Å². The third-order valence-corrected chi connectivity index (χ3v) is 4.75. The molecule has 1 aromatic heterocycles. The molecule has 18 heavy (non-hydrogen) atoms. The van der Waals surface area contributed by atoms with Crippen LogP contribution in [0, 0.1) is 18.8 Å². The fraction of sp³-hybridized carbons (Fsp3) is 0.786. The van der Waals surface area contributed by atoms with E-state index in [1.807, 2.05) is 18.7 Å². The van der Waals surface area contributed by atoms with Crippen LogP contribution in [0.2, 0.25) is 0 Å². The predicted molar refractivity (Wildman–Crippen MR) is 80.8 cm³/mol. The van der Waals surface area contributed by atoms with Crippen molar-refractivity contribution in [2.45, 2.75) is 47.1 Å². The molecule has 0 amide bonds. The molecular weight excluding hydrogens is 290 g/mol. The van der Waals surface area contributed by atoms with Gasteiger partial charge >= 0.3 is 0 Å². The van der Waals surface area contributed by atoms with E-state index in [1.54, 1.807) is 0 Å². The first-order chi connectivity index (χ1) is 8.38. The fourth-order valence-corrected chi connectivity index (χ4v) is 3.09. The van der Waals surface area contributed by atoms with Gasteiger partial charge in [-0.3, -0.25) is 4.68 Å². The van der Waals surface area contributed by atoms with Gasteiger partial charge in [-0.05, 0) is 54.6 Å². The van der Waals surface area contributed by atoms with E-state index in [9.17, 15) is 0 Å². The normalized spacial score (nSPS) is 15.1. The summed E-state index contributed by atoms with van der Waals surface area (Å²) in [6.07, 6.45) is 1.06. The van der Waals surface area contributed by atoms with Gasteiger partial charge in [-0.1, -0.05) is 20.8 Å². The SMILES string of the molecule is CCNC(C)C(Cc1c(Br)c(C)nn1C)C(C)C. The van der Waals surface area contributed by atoms with Crippen molar-refractivity contribution in [3.05, 3.63) is 15.9 Å². The smallest absolute Gasteiger partial charge is 0.0738 e. The van der Waals surface area contributed by atoms with Gasteiger partial charge in [0.25, 0.3) is 0 Å². The second-order valence-corrected chi connectivity index (χ2v) is 6.22. The molecule has 1 rings (SSSR count). The molecule has 3 nitrogen and oxygen atoms in total. The third kappa shape index (κ3) is 3.58. The van der Waals surface area contributed by atoms with Crippen molar-refractivity contribution in [3.63, 3.8) is 0 Å². The summed E-state index contributed by atoms with van der Waals surface area (Å²) in [5, 5.41) is 8.03. The molecule has 0 spiro atoms. The van der Waals surface area contributed by atoms with Gasteiger partial charge in [0.05, 0.1) is 15.9 Å². The Labute approximate surface area is 119 Å². The topological polar surface area (TPSA) is 29.9 Å². The van der Waals surface area contributed by atoms with Crippen LogP contribution in [-0.4, -0.2) is 22.4 Å². The van der Waals surface area contributed by atoms with E-state index in [-0.39, 0.29) is 0 Å². The van der Waals surface area contributed by atoms with E-state index in [0.717, 1.165) is 18.7 Å². The van der Waals surface area contributed by atoms with Crippen molar-refractivity contribution in [1.82, 2.24) is 15.1 Å². The molecule has 0 radical (unpaired) electrons. The molecule has 0 aliphatic heterocycles. The quantitative estimate of drug-likeness (QED) is 0.873. The summed E-state index contributed by atoms with van der Waals surface area (Å²) in [6.45, 7) is 12.1. The first-order valence-electron chi connectivity index (χ1n) is 6.79. The van der Waals surface area contributed by atoms with Gasteiger partial charge in [0.1, 0.15) is 0 Å². The van der Waals surface area contributed by atoms with Crippen LogP contribution in [0.3, 0.4) is 0 Å². The minimum Gasteiger partial charge on any atom is -0.314 e. The van der Waals surface area contributed by atoms with Gasteiger partial charge in [0, 0.05) is 13.1 Å². The van der Waals surface area contributed by atoms with Crippen molar-refractivity contribution in [1.29, 1.82) is 0 Å². The Bertz CT molecular complexity index is 385. The average molecular weight is 316 g/mol. The van der Waals surface area contributed by atoms with E-state index in [0.29, 0.717) is 17.9 Å². The molecule has 2 atom stereocenters. The number of aryl methyl sites for hydroxylation is 2. The second kappa shape index (κ2) is 6.71. The monoisotopic (exact) mass is 315 g/mol. The van der Waals surface area contributed by atoms with Crippen molar-refractivity contribution in [3.8, 4) is 0 Å². The van der Waals surface area contributed by atoms with Gasteiger partial charge in [0.2, 0.25) is 0 Å². The Hall–Kier alpha value is -0.350. The molecule has 0 aliphatic carbocycles. The van der Waals surface area contributed by atoms with Gasteiger partial charge in [-0.2, -0.15) is 5.10 Å². The summed E-state index contributed by atoms with van der Waals surface area (Å²) in [5.74, 6) is 1.28. The minimum absolute atomic E-state index is 0.525. The molecule has 2 unspecified atom stereocenters. The van der Waals surface area contributed by atoms with Gasteiger partial charge in [0.15, 0.2) is 0 Å². The van der Waals surface area contributed by atoms with Crippen LogP contribution < -0.4 is 5.32 Å². The molecule has 1 aromatic rings. The summed E-state index contributed by atoms with van der Waals surface area (Å²) in [4.78, 5) is 0. The van der Waals surface area contributed by atoms with Crippen LogP contribution in [0.5, 0.6) is 0 Å². The van der Waals surface area contributed by atoms with Crippen molar-refractivity contribution in [2.75, 3.05) is 6.54 Å². The molecule has 0 fully saturated rings. The molecule has 0 saturated heterocycles. The van der Waals surface area contributed by atoms with Crippen LogP contribution in [0.15, 0.2) is 4.47 Å². The lowest BCUT2D eigenvalue weighted by molar-refractivity contribution is 0.287. The first kappa shape index (κ1) is 15.7. The molecule has 0 aliphatic rings. The number of hydrogen-bond donors (Lipinski definition) is 1. The summed E-state index contributed by atoms with van der Waals surface area (Å²) in [5.41, 5.74) is 2.38. The predicted octanol–water partition coefficient (Wildman–Crippen LogP) is 3.30. The molecular formula is C14H26BrN3. The first-order valence-corrected chi connectivity index (χ1v) is 7.59. The highest BCUT2D eigenvalue weighted by molar-refractivity contribution is 9.10. The van der Waals surface area contributed by atoms with Crippen molar-refractivity contribution in [2.24, 2.45) is 18.9 Å². The number of rotatable bonds is 6. The second-order valence-electron chi connectivity index (χ2n) is 5.43. The zero-order valence-electron chi connectivity index (χ0n) is 12.4. The highest BCUT2D eigenvalue weighted by Gasteiger charge is 2.23. The van der Waals surface area contributed by atoms with Crippen molar-refractivity contribution >= 4 is 15.9 Å². The number of nitrogens with one attached hydrogen (secondary N) is 1.